The SMILES string of the molecule is C=CCC1C(=O)C=C(OC(=O)C2C(C=C(C)F)C2(C)C)C1C. The quantitative estimate of drug-likeness (QED) is 0.570. The van der Waals surface area contributed by atoms with E-state index in [1.807, 2.05) is 20.8 Å². The zero-order valence-electron chi connectivity index (χ0n) is 13.6. The summed E-state index contributed by atoms with van der Waals surface area (Å²) in [4.78, 5) is 24.3. The topological polar surface area (TPSA) is 43.4 Å². The molecule has 0 aromatic heterocycles. The fourth-order valence-electron chi connectivity index (χ4n) is 3.31. The van der Waals surface area contributed by atoms with Crippen LogP contribution in [0.3, 0.4) is 0 Å². The number of halogens is 1. The van der Waals surface area contributed by atoms with Crippen molar-refractivity contribution in [3.8, 4) is 0 Å². The molecule has 0 aromatic rings. The van der Waals surface area contributed by atoms with Gasteiger partial charge >= 0.3 is 5.97 Å². The Bertz CT molecular complexity index is 567. The zero-order valence-corrected chi connectivity index (χ0v) is 13.6. The van der Waals surface area contributed by atoms with Gasteiger partial charge < -0.3 is 4.74 Å². The first kappa shape index (κ1) is 16.7. The molecule has 0 spiro atoms. The molecular formula is C18H23FO3. The molecule has 4 unspecified atom stereocenters. The molecule has 2 aliphatic rings. The number of esters is 1. The summed E-state index contributed by atoms with van der Waals surface area (Å²) in [7, 11) is 0. The minimum Gasteiger partial charge on any atom is -0.430 e. The van der Waals surface area contributed by atoms with E-state index in [1.54, 1.807) is 6.08 Å². The highest BCUT2D eigenvalue weighted by atomic mass is 19.1. The van der Waals surface area contributed by atoms with Crippen molar-refractivity contribution < 1.29 is 18.7 Å². The highest BCUT2D eigenvalue weighted by molar-refractivity contribution is 5.96. The van der Waals surface area contributed by atoms with Gasteiger partial charge in [0, 0.05) is 17.9 Å². The summed E-state index contributed by atoms with van der Waals surface area (Å²) in [6.07, 6.45) is 5.16. The summed E-state index contributed by atoms with van der Waals surface area (Å²) < 4.78 is 18.5. The average molecular weight is 306 g/mol. The van der Waals surface area contributed by atoms with E-state index in [-0.39, 0.29) is 46.7 Å². The number of hydrogen-bond acceptors (Lipinski definition) is 3. The standard InChI is InChI=1S/C18H23FO3/c1-6-7-12-11(3)15(9-14(12)20)22-17(21)16-13(8-10(2)19)18(16,4)5/h6,8-9,11-13,16H,1,7H2,2-5H3. The van der Waals surface area contributed by atoms with Crippen LogP contribution in [0.4, 0.5) is 4.39 Å². The molecule has 4 heteroatoms. The minimum atomic E-state index is -0.377. The van der Waals surface area contributed by atoms with Crippen LogP contribution in [0.15, 0.2) is 36.4 Å². The number of rotatable bonds is 5. The molecule has 0 amide bonds. The lowest BCUT2D eigenvalue weighted by atomic mass is 9.92. The molecule has 2 aliphatic carbocycles. The van der Waals surface area contributed by atoms with Gasteiger partial charge in [-0.25, -0.2) is 4.39 Å². The summed E-state index contributed by atoms with van der Waals surface area (Å²) >= 11 is 0. The molecule has 22 heavy (non-hydrogen) atoms. The monoisotopic (exact) mass is 306 g/mol. The van der Waals surface area contributed by atoms with Crippen molar-refractivity contribution in [1.82, 2.24) is 0 Å². The molecule has 0 saturated heterocycles. The van der Waals surface area contributed by atoms with Crippen molar-refractivity contribution >= 4 is 11.8 Å². The Balaban J connectivity index is 2.05. The summed E-state index contributed by atoms with van der Waals surface area (Å²) in [5, 5.41) is 0. The van der Waals surface area contributed by atoms with Crippen LogP contribution in [-0.4, -0.2) is 11.8 Å². The summed E-state index contributed by atoms with van der Waals surface area (Å²) in [5.74, 6) is -1.11. The van der Waals surface area contributed by atoms with Crippen LogP contribution in [0, 0.1) is 29.1 Å². The molecule has 0 N–H and O–H groups in total. The van der Waals surface area contributed by atoms with Crippen LogP contribution >= 0.6 is 0 Å². The van der Waals surface area contributed by atoms with Gasteiger partial charge in [0.05, 0.1) is 11.7 Å². The van der Waals surface area contributed by atoms with Crippen molar-refractivity contribution in [1.29, 1.82) is 0 Å². The van der Waals surface area contributed by atoms with Crippen LogP contribution in [0.1, 0.15) is 34.1 Å². The normalized spacial score (nSPS) is 33.4. The molecule has 1 fully saturated rings. The second-order valence-electron chi connectivity index (χ2n) is 6.87. The molecule has 0 bridgehead atoms. The van der Waals surface area contributed by atoms with E-state index >= 15 is 0 Å². The maximum absolute atomic E-state index is 13.1. The summed E-state index contributed by atoms with van der Waals surface area (Å²) in [6.45, 7) is 10.7. The van der Waals surface area contributed by atoms with Crippen LogP contribution in [0.2, 0.25) is 0 Å². The Morgan fingerprint density at radius 2 is 2.14 bits per heavy atom. The third-order valence-corrected chi connectivity index (χ3v) is 4.92. The molecular weight excluding hydrogens is 283 g/mol. The first-order valence-electron chi connectivity index (χ1n) is 7.62. The van der Waals surface area contributed by atoms with Crippen LogP contribution in [0.25, 0.3) is 0 Å². The van der Waals surface area contributed by atoms with Crippen molar-refractivity contribution in [2.45, 2.75) is 34.1 Å². The van der Waals surface area contributed by atoms with Gasteiger partial charge in [0.2, 0.25) is 0 Å². The fourth-order valence-corrected chi connectivity index (χ4v) is 3.31. The first-order valence-corrected chi connectivity index (χ1v) is 7.62. The second kappa shape index (κ2) is 5.82. The summed E-state index contributed by atoms with van der Waals surface area (Å²) in [6, 6.07) is 0. The van der Waals surface area contributed by atoms with Gasteiger partial charge in [-0.05, 0) is 30.8 Å². The van der Waals surface area contributed by atoms with Crippen LogP contribution in [-0.2, 0) is 14.3 Å². The van der Waals surface area contributed by atoms with Gasteiger partial charge in [-0.2, -0.15) is 0 Å². The van der Waals surface area contributed by atoms with Gasteiger partial charge in [0.25, 0.3) is 0 Å². The predicted molar refractivity (Wildman–Crippen MR) is 82.3 cm³/mol. The fraction of sp³-hybridized carbons (Fsp3) is 0.556. The van der Waals surface area contributed by atoms with Gasteiger partial charge in [-0.1, -0.05) is 26.8 Å². The number of hydrogen-bond donors (Lipinski definition) is 0. The summed E-state index contributed by atoms with van der Waals surface area (Å²) in [5.41, 5.74) is -0.308. The maximum Gasteiger partial charge on any atom is 0.315 e. The smallest absolute Gasteiger partial charge is 0.315 e. The van der Waals surface area contributed by atoms with Gasteiger partial charge in [0.1, 0.15) is 5.76 Å². The average Bonchev–Trinajstić information content (AvgIpc) is 2.83. The van der Waals surface area contributed by atoms with Crippen LogP contribution in [0.5, 0.6) is 0 Å². The van der Waals surface area contributed by atoms with Gasteiger partial charge in [-0.15, -0.1) is 6.58 Å². The Hall–Kier alpha value is -1.71. The van der Waals surface area contributed by atoms with Crippen molar-refractivity contribution in [3.05, 3.63) is 36.4 Å². The molecule has 2 rings (SSSR count). The molecule has 1 saturated carbocycles. The van der Waals surface area contributed by atoms with Gasteiger partial charge in [-0.3, -0.25) is 9.59 Å². The molecule has 0 aliphatic heterocycles. The van der Waals surface area contributed by atoms with E-state index in [1.165, 1.54) is 19.1 Å². The number of carbonyl (C=O) groups is 2. The van der Waals surface area contributed by atoms with E-state index in [0.717, 1.165) is 0 Å². The lowest BCUT2D eigenvalue weighted by Gasteiger charge is -2.15. The number of allylic oxidation sites excluding steroid dienone is 5. The lowest BCUT2D eigenvalue weighted by Crippen LogP contribution is -2.17. The lowest BCUT2D eigenvalue weighted by molar-refractivity contribution is -0.142. The van der Waals surface area contributed by atoms with E-state index in [2.05, 4.69) is 6.58 Å². The van der Waals surface area contributed by atoms with E-state index in [0.29, 0.717) is 12.2 Å². The van der Waals surface area contributed by atoms with E-state index in [4.69, 9.17) is 4.74 Å². The van der Waals surface area contributed by atoms with E-state index in [9.17, 15) is 14.0 Å². The number of ketones is 1. The highest BCUT2D eigenvalue weighted by Crippen LogP contribution is 2.60. The predicted octanol–water partition coefficient (Wildman–Crippen LogP) is 3.97. The molecule has 0 aromatic carbocycles. The third-order valence-electron chi connectivity index (χ3n) is 4.92. The van der Waals surface area contributed by atoms with E-state index < -0.39 is 0 Å². The van der Waals surface area contributed by atoms with Crippen molar-refractivity contribution in [3.63, 3.8) is 0 Å². The number of ether oxygens (including phenoxy) is 1. The zero-order chi connectivity index (χ0) is 16.7. The Morgan fingerprint density at radius 1 is 1.50 bits per heavy atom. The van der Waals surface area contributed by atoms with Crippen LogP contribution < -0.4 is 0 Å². The second-order valence-corrected chi connectivity index (χ2v) is 6.87. The molecule has 120 valence electrons. The Morgan fingerprint density at radius 3 is 2.68 bits per heavy atom. The molecule has 3 nitrogen and oxygen atoms in total. The highest BCUT2D eigenvalue weighted by Gasteiger charge is 2.62. The number of carbonyl (C=O) groups excluding carboxylic acids is 2. The Kier molecular flexibility index (Phi) is 4.41. The maximum atomic E-state index is 13.1. The van der Waals surface area contributed by atoms with Crippen molar-refractivity contribution in [2.24, 2.45) is 29.1 Å². The molecule has 4 atom stereocenters. The Labute approximate surface area is 130 Å². The first-order chi connectivity index (χ1) is 10.2. The van der Waals surface area contributed by atoms with Gasteiger partial charge in [0.15, 0.2) is 5.78 Å². The minimum absolute atomic E-state index is 0.0266. The third kappa shape index (κ3) is 2.92. The largest absolute Gasteiger partial charge is 0.430 e. The molecule has 0 heterocycles. The van der Waals surface area contributed by atoms with Crippen molar-refractivity contribution in [2.75, 3.05) is 0 Å². The molecule has 0 radical (unpaired) electrons.